The molecule has 1 heterocycles. The summed E-state index contributed by atoms with van der Waals surface area (Å²) in [5, 5.41) is 2.13. The number of alkyl halides is 1. The summed E-state index contributed by atoms with van der Waals surface area (Å²) in [6, 6.07) is 4.19. The number of hydrogen-bond acceptors (Lipinski definition) is 4. The standard InChI is InChI=1S/C11H11ClN2O4S/c12-4-1-5-19(17,18)14-7-2-3-8-9(6-7)11(16)13-10(8)15/h2-3,6,14H,1,4-5H2,(H,13,15,16). The number of halogens is 1. The highest BCUT2D eigenvalue weighted by atomic mass is 35.5. The number of benzene rings is 1. The summed E-state index contributed by atoms with van der Waals surface area (Å²) >= 11 is 5.44. The molecular weight excluding hydrogens is 292 g/mol. The van der Waals surface area contributed by atoms with Crippen molar-refractivity contribution >= 4 is 39.1 Å². The van der Waals surface area contributed by atoms with Crippen molar-refractivity contribution in [3.63, 3.8) is 0 Å². The average Bonchev–Trinajstić information content (AvgIpc) is 2.62. The Balaban J connectivity index is 2.22. The predicted molar refractivity (Wildman–Crippen MR) is 71.0 cm³/mol. The van der Waals surface area contributed by atoms with Crippen molar-refractivity contribution in [2.75, 3.05) is 16.4 Å². The second kappa shape index (κ2) is 5.18. The van der Waals surface area contributed by atoms with Crippen LogP contribution in [0, 0.1) is 0 Å². The molecule has 0 saturated heterocycles. The highest BCUT2D eigenvalue weighted by molar-refractivity contribution is 7.92. The summed E-state index contributed by atoms with van der Waals surface area (Å²) < 4.78 is 25.7. The van der Waals surface area contributed by atoms with Crippen LogP contribution in [0.25, 0.3) is 0 Å². The van der Waals surface area contributed by atoms with Crippen molar-refractivity contribution in [1.82, 2.24) is 5.32 Å². The van der Waals surface area contributed by atoms with Crippen LogP contribution in [0.15, 0.2) is 18.2 Å². The zero-order chi connectivity index (χ0) is 14.0. The smallest absolute Gasteiger partial charge is 0.259 e. The van der Waals surface area contributed by atoms with Gasteiger partial charge in [-0.1, -0.05) is 0 Å². The van der Waals surface area contributed by atoms with Crippen LogP contribution in [0.2, 0.25) is 0 Å². The first-order valence-corrected chi connectivity index (χ1v) is 7.68. The van der Waals surface area contributed by atoms with E-state index in [4.69, 9.17) is 11.6 Å². The topological polar surface area (TPSA) is 92.3 Å². The summed E-state index contributed by atoms with van der Waals surface area (Å²) in [6.45, 7) is 0. The number of nitrogens with one attached hydrogen (secondary N) is 2. The van der Waals surface area contributed by atoms with Crippen LogP contribution in [0.3, 0.4) is 0 Å². The Bertz CT molecular complexity index is 642. The number of imide groups is 1. The maximum absolute atomic E-state index is 11.7. The van der Waals surface area contributed by atoms with Crippen molar-refractivity contribution in [2.24, 2.45) is 0 Å². The molecule has 0 unspecified atom stereocenters. The molecule has 0 atom stereocenters. The first kappa shape index (κ1) is 13.8. The summed E-state index contributed by atoms with van der Waals surface area (Å²) in [5.41, 5.74) is 0.662. The Morgan fingerprint density at radius 3 is 2.53 bits per heavy atom. The van der Waals surface area contributed by atoms with Crippen molar-refractivity contribution < 1.29 is 18.0 Å². The third-order valence-electron chi connectivity index (χ3n) is 2.56. The fraction of sp³-hybridized carbons (Fsp3) is 0.273. The van der Waals surface area contributed by atoms with E-state index in [1.54, 1.807) is 0 Å². The number of amides is 2. The van der Waals surface area contributed by atoms with Gasteiger partial charge < -0.3 is 0 Å². The van der Waals surface area contributed by atoms with E-state index in [0.29, 0.717) is 6.42 Å². The largest absolute Gasteiger partial charge is 0.288 e. The van der Waals surface area contributed by atoms with Crippen molar-refractivity contribution in [2.45, 2.75) is 6.42 Å². The third-order valence-corrected chi connectivity index (χ3v) is 4.20. The first-order chi connectivity index (χ1) is 8.93. The van der Waals surface area contributed by atoms with E-state index in [9.17, 15) is 18.0 Å². The average molecular weight is 303 g/mol. The van der Waals surface area contributed by atoms with Gasteiger partial charge in [0, 0.05) is 11.6 Å². The van der Waals surface area contributed by atoms with E-state index in [2.05, 4.69) is 10.0 Å². The molecule has 0 spiro atoms. The normalized spacial score (nSPS) is 14.2. The Hall–Kier alpha value is -1.60. The van der Waals surface area contributed by atoms with E-state index in [1.165, 1.54) is 18.2 Å². The van der Waals surface area contributed by atoms with Gasteiger partial charge in [0.1, 0.15) is 0 Å². The van der Waals surface area contributed by atoms with Crippen molar-refractivity contribution in [3.05, 3.63) is 29.3 Å². The van der Waals surface area contributed by atoms with Gasteiger partial charge in [0.25, 0.3) is 11.8 Å². The molecule has 2 N–H and O–H groups in total. The van der Waals surface area contributed by atoms with Crippen LogP contribution < -0.4 is 10.0 Å². The molecule has 1 aliphatic heterocycles. The lowest BCUT2D eigenvalue weighted by Crippen LogP contribution is -2.20. The molecule has 0 saturated carbocycles. The monoisotopic (exact) mass is 302 g/mol. The maximum Gasteiger partial charge on any atom is 0.259 e. The van der Waals surface area contributed by atoms with Crippen molar-refractivity contribution in [1.29, 1.82) is 0 Å². The molecule has 19 heavy (non-hydrogen) atoms. The van der Waals surface area contributed by atoms with Crippen LogP contribution in [0.5, 0.6) is 0 Å². The van der Waals surface area contributed by atoms with Gasteiger partial charge in [-0.25, -0.2) is 8.42 Å². The molecule has 0 bridgehead atoms. The lowest BCUT2D eigenvalue weighted by Gasteiger charge is -2.07. The molecule has 2 rings (SSSR count). The second-order valence-electron chi connectivity index (χ2n) is 4.01. The Labute approximate surface area is 115 Å². The number of carbonyl (C=O) groups excluding carboxylic acids is 2. The zero-order valence-electron chi connectivity index (χ0n) is 9.77. The molecule has 0 aliphatic carbocycles. The van der Waals surface area contributed by atoms with Crippen LogP contribution in [0.1, 0.15) is 27.1 Å². The van der Waals surface area contributed by atoms with E-state index in [0.717, 1.165) is 0 Å². The molecule has 0 radical (unpaired) electrons. The fourth-order valence-electron chi connectivity index (χ4n) is 1.71. The molecule has 1 aromatic carbocycles. The van der Waals surface area contributed by atoms with Crippen LogP contribution in [-0.2, 0) is 10.0 Å². The molecule has 1 aliphatic rings. The molecule has 1 aromatic rings. The van der Waals surface area contributed by atoms with Gasteiger partial charge in [0.05, 0.1) is 16.9 Å². The van der Waals surface area contributed by atoms with E-state index in [-0.39, 0.29) is 28.4 Å². The van der Waals surface area contributed by atoms with E-state index >= 15 is 0 Å². The summed E-state index contributed by atoms with van der Waals surface area (Å²) in [7, 11) is -3.50. The number of anilines is 1. The summed E-state index contributed by atoms with van der Waals surface area (Å²) in [6.07, 6.45) is 0.334. The molecular formula is C11H11ClN2O4S. The third kappa shape index (κ3) is 3.05. The zero-order valence-corrected chi connectivity index (χ0v) is 11.3. The summed E-state index contributed by atoms with van der Waals surface area (Å²) in [5.74, 6) is -0.848. The minimum Gasteiger partial charge on any atom is -0.288 e. The first-order valence-electron chi connectivity index (χ1n) is 5.49. The molecule has 8 heteroatoms. The van der Waals surface area contributed by atoms with Gasteiger partial charge in [-0.3, -0.25) is 19.6 Å². The minimum absolute atomic E-state index is 0.0985. The Morgan fingerprint density at radius 2 is 1.84 bits per heavy atom. The number of hydrogen-bond donors (Lipinski definition) is 2. The number of rotatable bonds is 5. The summed E-state index contributed by atoms with van der Waals surface area (Å²) in [4.78, 5) is 22.8. The van der Waals surface area contributed by atoms with Gasteiger partial charge in [-0.15, -0.1) is 11.6 Å². The lowest BCUT2D eigenvalue weighted by molar-refractivity contribution is 0.0879. The van der Waals surface area contributed by atoms with Gasteiger partial charge in [0.15, 0.2) is 0 Å². The van der Waals surface area contributed by atoms with E-state index < -0.39 is 21.8 Å². The molecule has 102 valence electrons. The molecule has 6 nitrogen and oxygen atoms in total. The number of fused-ring (bicyclic) bond motifs is 1. The fourth-order valence-corrected chi connectivity index (χ4v) is 3.11. The number of sulfonamides is 1. The van der Waals surface area contributed by atoms with Gasteiger partial charge >= 0.3 is 0 Å². The minimum atomic E-state index is -3.50. The Kier molecular flexibility index (Phi) is 3.77. The highest BCUT2D eigenvalue weighted by Crippen LogP contribution is 2.21. The highest BCUT2D eigenvalue weighted by Gasteiger charge is 2.27. The van der Waals surface area contributed by atoms with Gasteiger partial charge in [-0.05, 0) is 24.6 Å². The second-order valence-corrected chi connectivity index (χ2v) is 6.23. The van der Waals surface area contributed by atoms with Crippen LogP contribution in [0.4, 0.5) is 5.69 Å². The molecule has 0 fully saturated rings. The predicted octanol–water partition coefficient (Wildman–Crippen LogP) is 0.941. The number of carbonyl (C=O) groups is 2. The van der Waals surface area contributed by atoms with Crippen LogP contribution >= 0.6 is 11.6 Å². The maximum atomic E-state index is 11.7. The SMILES string of the molecule is O=C1NC(=O)c2cc(NS(=O)(=O)CCCCl)ccc21. The molecule has 0 aromatic heterocycles. The van der Waals surface area contributed by atoms with Gasteiger partial charge in [-0.2, -0.15) is 0 Å². The van der Waals surface area contributed by atoms with Crippen molar-refractivity contribution in [3.8, 4) is 0 Å². The lowest BCUT2D eigenvalue weighted by atomic mass is 10.1. The molecule has 2 amide bonds. The Morgan fingerprint density at radius 1 is 1.16 bits per heavy atom. The van der Waals surface area contributed by atoms with E-state index in [1.807, 2.05) is 0 Å². The van der Waals surface area contributed by atoms with Crippen LogP contribution in [-0.4, -0.2) is 31.9 Å². The quantitative estimate of drug-likeness (QED) is 0.625. The van der Waals surface area contributed by atoms with Gasteiger partial charge in [0.2, 0.25) is 10.0 Å².